The van der Waals surface area contributed by atoms with Crippen molar-refractivity contribution in [3.05, 3.63) is 59.4 Å². The smallest absolute Gasteiger partial charge is 0.307 e. The fraction of sp³-hybridized carbons (Fsp3) is 0.400. The molecule has 5 nitrogen and oxygen atoms in total. The number of carbonyl (C=O) groups excluding carboxylic acids is 1. The van der Waals surface area contributed by atoms with Gasteiger partial charge in [-0.2, -0.15) is 0 Å². The Morgan fingerprint density at radius 3 is 2.52 bits per heavy atom. The largest absolute Gasteiger partial charge is 0.481 e. The van der Waals surface area contributed by atoms with Crippen molar-refractivity contribution in [3.8, 4) is 0 Å². The first-order chi connectivity index (χ1) is 12.1. The average molecular weight is 338 g/mol. The van der Waals surface area contributed by atoms with Crippen LogP contribution < -0.4 is 0 Å². The maximum absolute atomic E-state index is 12.8. The van der Waals surface area contributed by atoms with Crippen LogP contribution >= 0.6 is 0 Å². The van der Waals surface area contributed by atoms with Crippen molar-refractivity contribution in [2.75, 3.05) is 0 Å². The number of hydrogen-bond acceptors (Lipinski definition) is 2. The van der Waals surface area contributed by atoms with Gasteiger partial charge in [0.05, 0.1) is 5.92 Å². The number of fused-ring (bicyclic) bond motifs is 2. The summed E-state index contributed by atoms with van der Waals surface area (Å²) in [5.41, 5.74) is 3.37. The van der Waals surface area contributed by atoms with Gasteiger partial charge in [-0.25, -0.2) is 0 Å². The molecule has 130 valence electrons. The zero-order chi connectivity index (χ0) is 17.4. The summed E-state index contributed by atoms with van der Waals surface area (Å²) in [5.74, 6) is -1.68. The third-order valence-corrected chi connectivity index (χ3v) is 5.55. The average Bonchev–Trinajstić information content (AvgIpc) is 3.25. The summed E-state index contributed by atoms with van der Waals surface area (Å²) in [7, 11) is 0. The Morgan fingerprint density at radius 2 is 1.84 bits per heavy atom. The topological polar surface area (TPSA) is 62.5 Å². The van der Waals surface area contributed by atoms with Crippen molar-refractivity contribution in [1.82, 2.24) is 9.47 Å². The van der Waals surface area contributed by atoms with E-state index in [9.17, 15) is 14.7 Å². The SMILES string of the molecule is O=C(O)C(CC(=O)N1Cc2ccccc2C1)[C@@H]1CCCn2cccc21. The van der Waals surface area contributed by atoms with Gasteiger partial charge in [-0.3, -0.25) is 9.59 Å². The van der Waals surface area contributed by atoms with Gasteiger partial charge in [-0.15, -0.1) is 0 Å². The molecular weight excluding hydrogens is 316 g/mol. The molecule has 0 radical (unpaired) electrons. The third-order valence-electron chi connectivity index (χ3n) is 5.55. The Balaban J connectivity index is 1.50. The summed E-state index contributed by atoms with van der Waals surface area (Å²) in [4.78, 5) is 26.5. The summed E-state index contributed by atoms with van der Waals surface area (Å²) >= 11 is 0. The number of benzene rings is 1. The molecule has 0 fully saturated rings. The van der Waals surface area contributed by atoms with E-state index in [0.717, 1.165) is 36.2 Å². The fourth-order valence-electron chi connectivity index (χ4n) is 4.23. The number of hydrogen-bond donors (Lipinski definition) is 1. The summed E-state index contributed by atoms with van der Waals surface area (Å²) in [6.07, 6.45) is 3.85. The molecule has 0 bridgehead atoms. The highest BCUT2D eigenvalue weighted by atomic mass is 16.4. The minimum absolute atomic E-state index is 0.0627. The molecule has 2 aromatic rings. The number of aromatic nitrogens is 1. The van der Waals surface area contributed by atoms with Gasteiger partial charge in [0.2, 0.25) is 5.91 Å². The van der Waals surface area contributed by atoms with E-state index in [0.29, 0.717) is 13.1 Å². The monoisotopic (exact) mass is 338 g/mol. The van der Waals surface area contributed by atoms with Gasteiger partial charge in [-0.05, 0) is 36.1 Å². The zero-order valence-corrected chi connectivity index (χ0v) is 14.1. The molecule has 1 unspecified atom stereocenters. The lowest BCUT2D eigenvalue weighted by Gasteiger charge is -2.30. The van der Waals surface area contributed by atoms with Crippen molar-refractivity contribution in [2.45, 2.75) is 44.8 Å². The van der Waals surface area contributed by atoms with Crippen LogP contribution in [0.4, 0.5) is 0 Å². The number of aryl methyl sites for hydroxylation is 1. The molecule has 0 spiro atoms. The molecule has 4 rings (SSSR count). The van der Waals surface area contributed by atoms with E-state index in [4.69, 9.17) is 0 Å². The van der Waals surface area contributed by atoms with Crippen molar-refractivity contribution in [1.29, 1.82) is 0 Å². The van der Waals surface area contributed by atoms with E-state index in [2.05, 4.69) is 4.57 Å². The standard InChI is InChI=1S/C20H22N2O3/c23-19(22-12-14-5-1-2-6-15(14)13-22)11-17(20(24)25)16-7-3-9-21-10-4-8-18(16)21/h1-2,4-6,8,10,16-17H,3,7,9,11-13H2,(H,24,25)/t16-,17?/m0/s1. The van der Waals surface area contributed by atoms with Crippen LogP contribution in [0.5, 0.6) is 0 Å². The van der Waals surface area contributed by atoms with Crippen LogP contribution in [-0.2, 0) is 29.2 Å². The number of carboxylic acids is 1. The molecule has 2 aliphatic rings. The van der Waals surface area contributed by atoms with E-state index in [1.54, 1.807) is 4.90 Å². The third kappa shape index (κ3) is 2.95. The van der Waals surface area contributed by atoms with Crippen molar-refractivity contribution >= 4 is 11.9 Å². The van der Waals surface area contributed by atoms with Gasteiger partial charge in [0.25, 0.3) is 0 Å². The number of carboxylic acid groups (broad SMARTS) is 1. The quantitative estimate of drug-likeness (QED) is 0.932. The molecule has 1 amide bonds. The van der Waals surface area contributed by atoms with Crippen LogP contribution in [0.1, 0.15) is 42.0 Å². The molecular formula is C20H22N2O3. The van der Waals surface area contributed by atoms with Crippen molar-refractivity contribution in [3.63, 3.8) is 0 Å². The van der Waals surface area contributed by atoms with E-state index >= 15 is 0 Å². The second-order valence-corrected chi connectivity index (χ2v) is 7.04. The van der Waals surface area contributed by atoms with E-state index < -0.39 is 11.9 Å². The van der Waals surface area contributed by atoms with Crippen LogP contribution in [0.3, 0.4) is 0 Å². The van der Waals surface area contributed by atoms with E-state index in [1.807, 2.05) is 42.6 Å². The second kappa shape index (κ2) is 6.39. The number of nitrogens with zero attached hydrogens (tertiary/aromatic N) is 2. The highest BCUT2D eigenvalue weighted by Gasteiger charge is 2.36. The van der Waals surface area contributed by atoms with Crippen molar-refractivity contribution in [2.24, 2.45) is 5.92 Å². The number of amides is 1. The van der Waals surface area contributed by atoms with Gasteiger partial charge in [0, 0.05) is 43.9 Å². The minimum atomic E-state index is -0.871. The lowest BCUT2D eigenvalue weighted by molar-refractivity contribution is -0.147. The first kappa shape index (κ1) is 15.9. The Morgan fingerprint density at radius 1 is 1.12 bits per heavy atom. The van der Waals surface area contributed by atoms with Crippen LogP contribution in [-0.4, -0.2) is 26.5 Å². The predicted octanol–water partition coefficient (Wildman–Crippen LogP) is 3.00. The van der Waals surface area contributed by atoms with Gasteiger partial charge in [0.1, 0.15) is 0 Å². The zero-order valence-electron chi connectivity index (χ0n) is 14.1. The molecule has 1 aromatic carbocycles. The molecule has 3 heterocycles. The molecule has 2 aliphatic heterocycles. The highest BCUT2D eigenvalue weighted by molar-refractivity contribution is 5.83. The first-order valence-electron chi connectivity index (χ1n) is 8.86. The lowest BCUT2D eigenvalue weighted by Crippen LogP contribution is -2.34. The molecule has 5 heteroatoms. The Hall–Kier alpha value is -2.56. The van der Waals surface area contributed by atoms with Gasteiger partial charge in [-0.1, -0.05) is 24.3 Å². The van der Waals surface area contributed by atoms with Gasteiger partial charge >= 0.3 is 5.97 Å². The predicted molar refractivity (Wildman–Crippen MR) is 92.8 cm³/mol. The maximum atomic E-state index is 12.8. The molecule has 0 saturated carbocycles. The molecule has 25 heavy (non-hydrogen) atoms. The first-order valence-corrected chi connectivity index (χ1v) is 8.86. The Labute approximate surface area is 146 Å². The molecule has 0 saturated heterocycles. The summed E-state index contributed by atoms with van der Waals surface area (Å²) in [6.45, 7) is 2.10. The normalized spacial score (nSPS) is 20.0. The fourth-order valence-corrected chi connectivity index (χ4v) is 4.23. The minimum Gasteiger partial charge on any atom is -0.481 e. The Bertz CT molecular complexity index is 786. The summed E-state index contributed by atoms with van der Waals surface area (Å²) < 4.78 is 2.13. The van der Waals surface area contributed by atoms with Crippen LogP contribution in [0, 0.1) is 5.92 Å². The lowest BCUT2D eigenvalue weighted by atomic mass is 9.81. The van der Waals surface area contributed by atoms with Crippen LogP contribution in [0.2, 0.25) is 0 Å². The van der Waals surface area contributed by atoms with Crippen LogP contribution in [0.25, 0.3) is 0 Å². The maximum Gasteiger partial charge on any atom is 0.307 e. The summed E-state index contributed by atoms with van der Waals surface area (Å²) in [5, 5.41) is 9.77. The van der Waals surface area contributed by atoms with Crippen LogP contribution in [0.15, 0.2) is 42.6 Å². The molecule has 0 aliphatic carbocycles. The molecule has 1 aromatic heterocycles. The number of aliphatic carboxylic acids is 1. The highest BCUT2D eigenvalue weighted by Crippen LogP contribution is 2.36. The molecule has 1 N–H and O–H groups in total. The second-order valence-electron chi connectivity index (χ2n) is 7.04. The Kier molecular flexibility index (Phi) is 4.07. The van der Waals surface area contributed by atoms with Gasteiger partial charge in [0.15, 0.2) is 0 Å². The molecule has 2 atom stereocenters. The van der Waals surface area contributed by atoms with Gasteiger partial charge < -0.3 is 14.6 Å². The number of carbonyl (C=O) groups is 2. The van der Waals surface area contributed by atoms with E-state index in [1.165, 1.54) is 0 Å². The summed E-state index contributed by atoms with van der Waals surface area (Å²) in [6, 6.07) is 12.0. The number of rotatable bonds is 4. The van der Waals surface area contributed by atoms with Crippen molar-refractivity contribution < 1.29 is 14.7 Å². The van der Waals surface area contributed by atoms with E-state index in [-0.39, 0.29) is 18.2 Å².